The van der Waals surface area contributed by atoms with Gasteiger partial charge in [0.15, 0.2) is 12.6 Å². The van der Waals surface area contributed by atoms with E-state index in [4.69, 9.17) is 4.74 Å². The molecule has 0 spiro atoms. The third-order valence-electron chi connectivity index (χ3n) is 3.12. The van der Waals surface area contributed by atoms with Gasteiger partial charge in [-0.05, 0) is 30.3 Å². The molecule has 0 aliphatic heterocycles. The average Bonchev–Trinajstić information content (AvgIpc) is 2.60. The second kappa shape index (κ2) is 8.05. The van der Waals surface area contributed by atoms with E-state index in [1.54, 1.807) is 30.3 Å². The van der Waals surface area contributed by atoms with E-state index in [0.29, 0.717) is 5.75 Å². The van der Waals surface area contributed by atoms with Gasteiger partial charge in [0, 0.05) is 5.56 Å². The van der Waals surface area contributed by atoms with Crippen LogP contribution in [0.3, 0.4) is 0 Å². The lowest BCUT2D eigenvalue weighted by atomic mass is 10.1. The van der Waals surface area contributed by atoms with Crippen LogP contribution in [0.25, 0.3) is 0 Å². The zero-order chi connectivity index (χ0) is 17.5. The summed E-state index contributed by atoms with van der Waals surface area (Å²) in [6.07, 6.45) is 0. The van der Waals surface area contributed by atoms with Crippen LogP contribution in [0.15, 0.2) is 48.5 Å². The fraction of sp³-hybridized carbons (Fsp3) is 0.176. The summed E-state index contributed by atoms with van der Waals surface area (Å²) in [5.41, 5.74) is -0.324. The number of para-hydroxylation sites is 1. The Bertz CT molecular complexity index is 722. The number of amides is 1. The third-order valence-corrected chi connectivity index (χ3v) is 3.12. The third kappa shape index (κ3) is 4.52. The second-order valence-electron chi connectivity index (χ2n) is 4.79. The summed E-state index contributed by atoms with van der Waals surface area (Å²) < 4.78 is 37.0. The van der Waals surface area contributed by atoms with Crippen molar-refractivity contribution in [3.8, 4) is 5.75 Å². The predicted molar refractivity (Wildman–Crippen MR) is 81.2 cm³/mol. The predicted octanol–water partition coefficient (Wildman–Crippen LogP) is 2.37. The molecule has 1 unspecified atom stereocenters. The highest BCUT2D eigenvalue weighted by Crippen LogP contribution is 2.20. The molecule has 7 heteroatoms. The molecular formula is C17H15F2NO4. The Morgan fingerprint density at radius 2 is 1.83 bits per heavy atom. The molecular weight excluding hydrogens is 320 g/mol. The molecule has 0 saturated carbocycles. The number of halogens is 2. The molecule has 1 N–H and O–H groups in total. The molecule has 0 aliphatic rings. The van der Waals surface area contributed by atoms with Crippen molar-refractivity contribution in [3.05, 3.63) is 65.7 Å². The molecule has 0 saturated heterocycles. The zero-order valence-electron chi connectivity index (χ0n) is 12.8. The summed E-state index contributed by atoms with van der Waals surface area (Å²) in [5.74, 6) is -2.73. The summed E-state index contributed by atoms with van der Waals surface area (Å²) >= 11 is 0. The van der Waals surface area contributed by atoms with Gasteiger partial charge < -0.3 is 14.8 Å². The van der Waals surface area contributed by atoms with Gasteiger partial charge in [0.25, 0.3) is 5.91 Å². The van der Waals surface area contributed by atoms with Gasteiger partial charge >= 0.3 is 5.97 Å². The van der Waals surface area contributed by atoms with Crippen LogP contribution < -0.4 is 10.1 Å². The average molecular weight is 335 g/mol. The summed E-state index contributed by atoms with van der Waals surface area (Å²) in [6.45, 7) is -0.394. The number of rotatable bonds is 6. The van der Waals surface area contributed by atoms with Crippen LogP contribution in [0, 0.1) is 11.6 Å². The monoisotopic (exact) mass is 335 g/mol. The van der Waals surface area contributed by atoms with Crippen molar-refractivity contribution in [1.29, 1.82) is 0 Å². The van der Waals surface area contributed by atoms with Gasteiger partial charge in [0.2, 0.25) is 0 Å². The first-order valence-corrected chi connectivity index (χ1v) is 7.01. The van der Waals surface area contributed by atoms with E-state index in [0.717, 1.165) is 25.3 Å². The highest BCUT2D eigenvalue weighted by molar-refractivity contribution is 5.86. The number of esters is 1. The number of carbonyl (C=O) groups excluding carboxylic acids is 2. The van der Waals surface area contributed by atoms with E-state index >= 15 is 0 Å². The molecule has 0 fully saturated rings. The molecule has 0 aliphatic carbocycles. The second-order valence-corrected chi connectivity index (χ2v) is 4.79. The minimum absolute atomic E-state index is 0.324. The fourth-order valence-electron chi connectivity index (χ4n) is 1.99. The van der Waals surface area contributed by atoms with Crippen LogP contribution in [-0.4, -0.2) is 25.6 Å². The van der Waals surface area contributed by atoms with Crippen molar-refractivity contribution in [2.45, 2.75) is 6.04 Å². The Balaban J connectivity index is 2.10. The normalized spacial score (nSPS) is 11.5. The maximum atomic E-state index is 13.9. The molecule has 0 heterocycles. The van der Waals surface area contributed by atoms with Gasteiger partial charge in [0.1, 0.15) is 17.4 Å². The zero-order valence-corrected chi connectivity index (χ0v) is 12.8. The molecule has 0 radical (unpaired) electrons. The van der Waals surface area contributed by atoms with Gasteiger partial charge in [-0.3, -0.25) is 4.79 Å². The van der Waals surface area contributed by atoms with E-state index in [1.165, 1.54) is 0 Å². The van der Waals surface area contributed by atoms with Crippen LogP contribution in [-0.2, 0) is 14.3 Å². The molecule has 0 bridgehead atoms. The van der Waals surface area contributed by atoms with Crippen molar-refractivity contribution < 1.29 is 27.8 Å². The van der Waals surface area contributed by atoms with E-state index < -0.39 is 36.2 Å². The summed E-state index contributed by atoms with van der Waals surface area (Å²) in [4.78, 5) is 23.8. The van der Waals surface area contributed by atoms with E-state index in [-0.39, 0.29) is 5.56 Å². The highest BCUT2D eigenvalue weighted by atomic mass is 19.1. The number of ether oxygens (including phenoxy) is 2. The Hall–Kier alpha value is -2.96. The van der Waals surface area contributed by atoms with Crippen LogP contribution in [0.4, 0.5) is 8.78 Å². The minimum atomic E-state index is -1.47. The largest absolute Gasteiger partial charge is 0.484 e. The lowest BCUT2D eigenvalue weighted by Gasteiger charge is -2.17. The maximum absolute atomic E-state index is 13.9. The standard InChI is InChI=1S/C17H15F2NO4/c1-23-17(22)16(13-9-11(18)7-8-14(13)19)20-15(21)10-24-12-5-3-2-4-6-12/h2-9,16H,10H2,1H3,(H,20,21). The number of nitrogens with one attached hydrogen (secondary N) is 1. The Morgan fingerprint density at radius 1 is 1.12 bits per heavy atom. The van der Waals surface area contributed by atoms with E-state index in [1.807, 2.05) is 0 Å². The number of hydrogen-bond donors (Lipinski definition) is 1. The van der Waals surface area contributed by atoms with E-state index in [2.05, 4.69) is 10.1 Å². The fourth-order valence-corrected chi connectivity index (χ4v) is 1.99. The maximum Gasteiger partial charge on any atom is 0.333 e. The van der Waals surface area contributed by atoms with Gasteiger partial charge in [-0.15, -0.1) is 0 Å². The molecule has 2 aromatic carbocycles. The van der Waals surface area contributed by atoms with Gasteiger partial charge in [0.05, 0.1) is 7.11 Å². The highest BCUT2D eigenvalue weighted by Gasteiger charge is 2.27. The minimum Gasteiger partial charge on any atom is -0.484 e. The van der Waals surface area contributed by atoms with Crippen LogP contribution in [0.1, 0.15) is 11.6 Å². The van der Waals surface area contributed by atoms with Crippen LogP contribution in [0.5, 0.6) is 5.75 Å². The number of benzene rings is 2. The van der Waals surface area contributed by atoms with Crippen molar-refractivity contribution in [2.75, 3.05) is 13.7 Å². The number of carbonyl (C=O) groups is 2. The van der Waals surface area contributed by atoms with Crippen molar-refractivity contribution in [1.82, 2.24) is 5.32 Å². The van der Waals surface area contributed by atoms with Crippen molar-refractivity contribution in [3.63, 3.8) is 0 Å². The molecule has 5 nitrogen and oxygen atoms in total. The summed E-state index contributed by atoms with van der Waals surface area (Å²) in [7, 11) is 1.08. The Morgan fingerprint density at radius 3 is 2.50 bits per heavy atom. The smallest absolute Gasteiger partial charge is 0.333 e. The quantitative estimate of drug-likeness (QED) is 0.823. The lowest BCUT2D eigenvalue weighted by molar-refractivity contribution is -0.145. The molecule has 24 heavy (non-hydrogen) atoms. The number of hydrogen-bond acceptors (Lipinski definition) is 4. The number of methoxy groups -OCH3 is 1. The first-order chi connectivity index (χ1) is 11.5. The SMILES string of the molecule is COC(=O)C(NC(=O)COc1ccccc1)c1cc(F)ccc1F. The van der Waals surface area contributed by atoms with Gasteiger partial charge in [-0.1, -0.05) is 18.2 Å². The van der Waals surface area contributed by atoms with Crippen LogP contribution in [0.2, 0.25) is 0 Å². The molecule has 2 rings (SSSR count). The molecule has 126 valence electrons. The Labute approximate surface area is 137 Å². The molecule has 1 amide bonds. The van der Waals surface area contributed by atoms with Gasteiger partial charge in [-0.25, -0.2) is 13.6 Å². The molecule has 0 aromatic heterocycles. The topological polar surface area (TPSA) is 64.6 Å². The Kier molecular flexibility index (Phi) is 5.83. The van der Waals surface area contributed by atoms with E-state index in [9.17, 15) is 18.4 Å². The first-order valence-electron chi connectivity index (χ1n) is 7.01. The van der Waals surface area contributed by atoms with Gasteiger partial charge in [-0.2, -0.15) is 0 Å². The van der Waals surface area contributed by atoms with Crippen molar-refractivity contribution in [2.24, 2.45) is 0 Å². The summed E-state index contributed by atoms with van der Waals surface area (Å²) in [5, 5.41) is 2.28. The molecule has 2 aromatic rings. The van der Waals surface area contributed by atoms with Crippen molar-refractivity contribution >= 4 is 11.9 Å². The lowest BCUT2D eigenvalue weighted by Crippen LogP contribution is -2.37. The summed E-state index contributed by atoms with van der Waals surface area (Å²) in [6, 6.07) is 9.68. The molecule has 1 atom stereocenters. The van der Waals surface area contributed by atoms with Crippen LogP contribution >= 0.6 is 0 Å². The first kappa shape index (κ1) is 17.4.